The van der Waals surface area contributed by atoms with Gasteiger partial charge in [0.2, 0.25) is 0 Å². The molecule has 0 saturated heterocycles. The molecule has 15 heavy (non-hydrogen) atoms. The van der Waals surface area contributed by atoms with Crippen molar-refractivity contribution >= 4 is 0 Å². The summed E-state index contributed by atoms with van der Waals surface area (Å²) < 4.78 is 13.8. The van der Waals surface area contributed by atoms with Crippen LogP contribution in [0.2, 0.25) is 0 Å². The summed E-state index contributed by atoms with van der Waals surface area (Å²) in [5, 5.41) is 9.39. The smallest absolute Gasteiger partial charge is 0.168 e. The van der Waals surface area contributed by atoms with Gasteiger partial charge < -0.3 is 5.11 Å². The van der Waals surface area contributed by atoms with E-state index in [9.17, 15) is 9.50 Å². The van der Waals surface area contributed by atoms with Gasteiger partial charge in [0.15, 0.2) is 11.6 Å². The minimum absolute atomic E-state index is 0.197. The molecule has 1 N–H and O–H groups in total. The lowest BCUT2D eigenvalue weighted by atomic mass is 9.80. The molecular formula is C13H17FO. The van der Waals surface area contributed by atoms with E-state index in [-0.39, 0.29) is 11.6 Å². The van der Waals surface area contributed by atoms with Crippen molar-refractivity contribution in [3.63, 3.8) is 0 Å². The van der Waals surface area contributed by atoms with E-state index in [1.54, 1.807) is 0 Å². The van der Waals surface area contributed by atoms with Gasteiger partial charge in [-0.2, -0.15) is 0 Å². The van der Waals surface area contributed by atoms with E-state index in [2.05, 4.69) is 6.92 Å². The van der Waals surface area contributed by atoms with Crippen molar-refractivity contribution in [2.24, 2.45) is 0 Å². The number of aromatic hydroxyl groups is 1. The molecule has 1 aliphatic carbocycles. The SMILES string of the molecule is CCCC1CCCc2ccc(O)c(F)c21. The first-order valence-corrected chi connectivity index (χ1v) is 5.74. The molecule has 1 aliphatic rings. The van der Waals surface area contributed by atoms with E-state index < -0.39 is 0 Å². The highest BCUT2D eigenvalue weighted by Gasteiger charge is 2.24. The third-order valence-corrected chi connectivity index (χ3v) is 3.29. The fourth-order valence-corrected chi connectivity index (χ4v) is 2.60. The summed E-state index contributed by atoms with van der Waals surface area (Å²) >= 11 is 0. The summed E-state index contributed by atoms with van der Waals surface area (Å²) in [5.74, 6) is -0.270. The molecule has 82 valence electrons. The number of rotatable bonds is 2. The number of aryl methyl sites for hydroxylation is 1. The molecule has 0 radical (unpaired) electrons. The number of halogens is 1. The molecule has 1 nitrogen and oxygen atoms in total. The Kier molecular flexibility index (Phi) is 2.94. The molecule has 1 aromatic rings. The van der Waals surface area contributed by atoms with Gasteiger partial charge in [0.25, 0.3) is 0 Å². The maximum atomic E-state index is 13.8. The van der Waals surface area contributed by atoms with E-state index in [4.69, 9.17) is 0 Å². The van der Waals surface area contributed by atoms with Crippen LogP contribution in [0, 0.1) is 5.82 Å². The summed E-state index contributed by atoms with van der Waals surface area (Å²) in [5.41, 5.74) is 1.87. The Balaban J connectivity index is 2.43. The molecule has 0 saturated carbocycles. The first-order chi connectivity index (χ1) is 7.24. The van der Waals surface area contributed by atoms with E-state index in [0.717, 1.165) is 43.2 Å². The largest absolute Gasteiger partial charge is 0.505 e. The molecule has 1 aromatic carbocycles. The maximum absolute atomic E-state index is 13.8. The minimum Gasteiger partial charge on any atom is -0.505 e. The molecular weight excluding hydrogens is 191 g/mol. The third kappa shape index (κ3) is 1.85. The zero-order chi connectivity index (χ0) is 10.8. The molecule has 0 amide bonds. The van der Waals surface area contributed by atoms with E-state index in [1.165, 1.54) is 6.07 Å². The van der Waals surface area contributed by atoms with Gasteiger partial charge in [0.1, 0.15) is 0 Å². The van der Waals surface area contributed by atoms with Crippen LogP contribution in [-0.2, 0) is 6.42 Å². The summed E-state index contributed by atoms with van der Waals surface area (Å²) in [6.07, 6.45) is 5.24. The number of phenols is 1. The minimum atomic E-state index is -0.384. The predicted octanol–water partition coefficient (Wildman–Crippen LogP) is 3.75. The summed E-state index contributed by atoms with van der Waals surface area (Å²) in [4.78, 5) is 0. The van der Waals surface area contributed by atoms with Crippen LogP contribution in [0.15, 0.2) is 12.1 Å². The molecule has 2 rings (SSSR count). The van der Waals surface area contributed by atoms with Crippen LogP contribution in [-0.4, -0.2) is 5.11 Å². The van der Waals surface area contributed by atoms with Gasteiger partial charge in [-0.05, 0) is 48.8 Å². The summed E-state index contributed by atoms with van der Waals surface area (Å²) in [7, 11) is 0. The van der Waals surface area contributed by atoms with Crippen LogP contribution in [0.4, 0.5) is 4.39 Å². The number of phenolic OH excluding ortho intramolecular Hbond substituents is 1. The normalized spacial score (nSPS) is 20.0. The Labute approximate surface area is 89.9 Å². The molecule has 0 aliphatic heterocycles. The summed E-state index contributed by atoms with van der Waals surface area (Å²) in [6.45, 7) is 2.12. The van der Waals surface area contributed by atoms with Gasteiger partial charge in [-0.1, -0.05) is 19.4 Å². The highest BCUT2D eigenvalue weighted by molar-refractivity contribution is 5.40. The van der Waals surface area contributed by atoms with Crippen LogP contribution in [0.1, 0.15) is 49.7 Å². The Morgan fingerprint density at radius 3 is 3.00 bits per heavy atom. The zero-order valence-electron chi connectivity index (χ0n) is 9.09. The van der Waals surface area contributed by atoms with Gasteiger partial charge in [-0.15, -0.1) is 0 Å². The Morgan fingerprint density at radius 2 is 2.27 bits per heavy atom. The van der Waals surface area contributed by atoms with Crippen molar-refractivity contribution in [3.05, 3.63) is 29.1 Å². The standard InChI is InChI=1S/C13H17FO/c1-2-4-9-5-3-6-10-7-8-11(15)13(14)12(9)10/h7-9,15H,2-6H2,1H3. The number of fused-ring (bicyclic) bond motifs is 1. The van der Waals surface area contributed by atoms with Crippen LogP contribution in [0.3, 0.4) is 0 Å². The first-order valence-electron chi connectivity index (χ1n) is 5.74. The van der Waals surface area contributed by atoms with Crippen molar-refractivity contribution in [1.82, 2.24) is 0 Å². The number of benzene rings is 1. The fourth-order valence-electron chi connectivity index (χ4n) is 2.60. The van der Waals surface area contributed by atoms with Gasteiger partial charge in [-0.25, -0.2) is 4.39 Å². The van der Waals surface area contributed by atoms with Crippen molar-refractivity contribution in [3.8, 4) is 5.75 Å². The Bertz CT molecular complexity index is 360. The zero-order valence-corrected chi connectivity index (χ0v) is 9.09. The average molecular weight is 208 g/mol. The van der Waals surface area contributed by atoms with Gasteiger partial charge in [-0.3, -0.25) is 0 Å². The van der Waals surface area contributed by atoms with E-state index in [0.29, 0.717) is 5.92 Å². The van der Waals surface area contributed by atoms with Crippen molar-refractivity contribution in [1.29, 1.82) is 0 Å². The lowest BCUT2D eigenvalue weighted by Crippen LogP contribution is -2.12. The molecule has 0 spiro atoms. The van der Waals surface area contributed by atoms with E-state index in [1.807, 2.05) is 6.07 Å². The predicted molar refractivity (Wildman–Crippen MR) is 58.7 cm³/mol. The summed E-state index contributed by atoms with van der Waals surface area (Å²) in [6, 6.07) is 3.35. The number of hydrogen-bond acceptors (Lipinski definition) is 1. The molecule has 2 heteroatoms. The molecule has 1 atom stereocenters. The van der Waals surface area contributed by atoms with Crippen molar-refractivity contribution in [2.75, 3.05) is 0 Å². The highest BCUT2D eigenvalue weighted by Crippen LogP contribution is 2.38. The van der Waals surface area contributed by atoms with Crippen molar-refractivity contribution < 1.29 is 9.50 Å². The molecule has 0 aromatic heterocycles. The topological polar surface area (TPSA) is 20.2 Å². The Hall–Kier alpha value is -1.05. The highest BCUT2D eigenvalue weighted by atomic mass is 19.1. The lowest BCUT2D eigenvalue weighted by Gasteiger charge is -2.25. The fraction of sp³-hybridized carbons (Fsp3) is 0.538. The molecule has 0 heterocycles. The van der Waals surface area contributed by atoms with Crippen molar-refractivity contribution in [2.45, 2.75) is 44.9 Å². The molecule has 1 unspecified atom stereocenters. The second-order valence-corrected chi connectivity index (χ2v) is 4.35. The van der Waals surface area contributed by atoms with Crippen LogP contribution < -0.4 is 0 Å². The quantitative estimate of drug-likeness (QED) is 0.784. The van der Waals surface area contributed by atoms with Crippen LogP contribution in [0.5, 0.6) is 5.75 Å². The van der Waals surface area contributed by atoms with Gasteiger partial charge in [0, 0.05) is 0 Å². The van der Waals surface area contributed by atoms with E-state index >= 15 is 0 Å². The second kappa shape index (κ2) is 4.21. The Morgan fingerprint density at radius 1 is 1.47 bits per heavy atom. The second-order valence-electron chi connectivity index (χ2n) is 4.35. The third-order valence-electron chi connectivity index (χ3n) is 3.29. The first kappa shape index (κ1) is 10.5. The number of hydrogen-bond donors (Lipinski definition) is 1. The monoisotopic (exact) mass is 208 g/mol. The molecule has 0 fully saturated rings. The van der Waals surface area contributed by atoms with Crippen LogP contribution in [0.25, 0.3) is 0 Å². The lowest BCUT2D eigenvalue weighted by molar-refractivity contribution is 0.411. The maximum Gasteiger partial charge on any atom is 0.168 e. The van der Waals surface area contributed by atoms with Crippen LogP contribution >= 0.6 is 0 Å². The van der Waals surface area contributed by atoms with Gasteiger partial charge in [0.05, 0.1) is 0 Å². The van der Waals surface area contributed by atoms with Gasteiger partial charge >= 0.3 is 0 Å². The average Bonchev–Trinajstić information content (AvgIpc) is 2.24. The molecule has 0 bridgehead atoms.